The van der Waals surface area contributed by atoms with E-state index in [0.29, 0.717) is 12.0 Å². The molecule has 3 aromatic carbocycles. The standard InChI is InChI=1S/C23H22N2O3/c1-23(2)21(13-9-16-14-17(25(27)28)10-12-20(16)26)24(3)19-11-8-15-6-4-5-7-18(15)22(19)23/h4-8,10-14,26H,9H2,1-3H3/b21-13+. The molecular formula is C23H22N2O3. The molecular weight excluding hydrogens is 352 g/mol. The molecule has 1 aliphatic rings. The summed E-state index contributed by atoms with van der Waals surface area (Å²) in [5.41, 5.74) is 3.87. The Kier molecular flexibility index (Phi) is 4.11. The molecule has 0 fully saturated rings. The molecule has 0 atom stereocenters. The molecule has 0 aliphatic carbocycles. The van der Waals surface area contributed by atoms with E-state index in [-0.39, 0.29) is 16.9 Å². The highest BCUT2D eigenvalue weighted by Gasteiger charge is 2.39. The highest BCUT2D eigenvalue weighted by atomic mass is 16.6. The predicted octanol–water partition coefficient (Wildman–Crippen LogP) is 5.31. The van der Waals surface area contributed by atoms with Gasteiger partial charge in [-0.1, -0.05) is 50.3 Å². The molecule has 1 heterocycles. The Bertz CT molecular complexity index is 1130. The van der Waals surface area contributed by atoms with Crippen LogP contribution < -0.4 is 4.90 Å². The van der Waals surface area contributed by atoms with E-state index in [1.54, 1.807) is 0 Å². The zero-order valence-electron chi connectivity index (χ0n) is 16.1. The summed E-state index contributed by atoms with van der Waals surface area (Å²) in [5.74, 6) is 0.0730. The zero-order chi connectivity index (χ0) is 20.1. The van der Waals surface area contributed by atoms with Gasteiger partial charge in [-0.3, -0.25) is 10.1 Å². The van der Waals surface area contributed by atoms with Crippen molar-refractivity contribution in [2.24, 2.45) is 0 Å². The second kappa shape index (κ2) is 6.37. The molecule has 0 aromatic heterocycles. The number of nitro groups is 1. The van der Waals surface area contributed by atoms with Crippen molar-refractivity contribution in [3.8, 4) is 5.75 Å². The molecule has 0 unspecified atom stereocenters. The van der Waals surface area contributed by atoms with Gasteiger partial charge in [-0.15, -0.1) is 0 Å². The van der Waals surface area contributed by atoms with Crippen molar-refractivity contribution in [3.05, 3.63) is 87.6 Å². The number of phenols is 1. The maximum absolute atomic E-state index is 11.1. The Morgan fingerprint density at radius 1 is 1.14 bits per heavy atom. The minimum atomic E-state index is -0.441. The first-order valence-corrected chi connectivity index (χ1v) is 9.23. The molecule has 0 saturated heterocycles. The quantitative estimate of drug-likeness (QED) is 0.498. The minimum absolute atomic E-state index is 0.0143. The molecule has 5 heteroatoms. The smallest absolute Gasteiger partial charge is 0.269 e. The number of benzene rings is 3. The van der Waals surface area contributed by atoms with Gasteiger partial charge in [0.25, 0.3) is 5.69 Å². The molecule has 1 aliphatic heterocycles. The molecule has 4 rings (SSSR count). The SMILES string of the molecule is CN1/C(=C/Cc2cc([N+](=O)[O-])ccc2O)C(C)(C)c2c1ccc1ccccc21. The average Bonchev–Trinajstić information content (AvgIpc) is 2.87. The number of likely N-dealkylation sites (N-methyl/N-ethyl adjacent to an activating group) is 1. The van der Waals surface area contributed by atoms with Crippen LogP contribution in [0.5, 0.6) is 5.75 Å². The lowest BCUT2D eigenvalue weighted by Gasteiger charge is -2.25. The third kappa shape index (κ3) is 2.71. The number of nitro benzene ring substituents is 1. The van der Waals surface area contributed by atoms with Crippen LogP contribution in [0.3, 0.4) is 0 Å². The summed E-state index contributed by atoms with van der Waals surface area (Å²) in [6.45, 7) is 4.39. The van der Waals surface area contributed by atoms with Crippen LogP contribution in [0.15, 0.2) is 66.4 Å². The number of rotatable bonds is 3. The molecule has 0 amide bonds. The average molecular weight is 374 g/mol. The van der Waals surface area contributed by atoms with Crippen molar-refractivity contribution in [2.45, 2.75) is 25.7 Å². The lowest BCUT2D eigenvalue weighted by Crippen LogP contribution is -2.23. The van der Waals surface area contributed by atoms with Gasteiger partial charge in [0, 0.05) is 41.5 Å². The van der Waals surface area contributed by atoms with Gasteiger partial charge < -0.3 is 10.0 Å². The van der Waals surface area contributed by atoms with Crippen LogP contribution in [0.2, 0.25) is 0 Å². The molecule has 1 N–H and O–H groups in total. The Hall–Kier alpha value is -3.34. The van der Waals surface area contributed by atoms with Crippen LogP contribution in [0.4, 0.5) is 11.4 Å². The lowest BCUT2D eigenvalue weighted by atomic mass is 9.81. The molecule has 3 aromatic rings. The van der Waals surface area contributed by atoms with Gasteiger partial charge in [0.05, 0.1) is 4.92 Å². The van der Waals surface area contributed by atoms with E-state index >= 15 is 0 Å². The zero-order valence-corrected chi connectivity index (χ0v) is 16.1. The van der Waals surface area contributed by atoms with Crippen LogP contribution in [-0.4, -0.2) is 17.1 Å². The summed E-state index contributed by atoms with van der Waals surface area (Å²) in [7, 11) is 2.04. The fourth-order valence-electron chi connectivity index (χ4n) is 4.32. The minimum Gasteiger partial charge on any atom is -0.508 e. The van der Waals surface area contributed by atoms with Gasteiger partial charge in [0.2, 0.25) is 0 Å². The Labute approximate surface area is 163 Å². The monoisotopic (exact) mass is 374 g/mol. The summed E-state index contributed by atoms with van der Waals surface area (Å²) in [6.07, 6.45) is 2.48. The number of hydrogen-bond acceptors (Lipinski definition) is 4. The van der Waals surface area contributed by atoms with E-state index in [9.17, 15) is 15.2 Å². The fraction of sp³-hybridized carbons (Fsp3) is 0.217. The van der Waals surface area contributed by atoms with Crippen LogP contribution in [0, 0.1) is 10.1 Å². The van der Waals surface area contributed by atoms with Crippen LogP contribution >= 0.6 is 0 Å². The van der Waals surface area contributed by atoms with Crippen molar-refractivity contribution >= 4 is 22.1 Å². The van der Waals surface area contributed by atoms with Gasteiger partial charge in [-0.2, -0.15) is 0 Å². The summed E-state index contributed by atoms with van der Waals surface area (Å²) in [6, 6.07) is 16.8. The summed E-state index contributed by atoms with van der Waals surface area (Å²) >= 11 is 0. The number of nitrogens with zero attached hydrogens (tertiary/aromatic N) is 2. The van der Waals surface area contributed by atoms with E-state index in [1.165, 1.54) is 40.2 Å². The van der Waals surface area contributed by atoms with Crippen molar-refractivity contribution < 1.29 is 10.0 Å². The number of non-ortho nitro benzene ring substituents is 1. The predicted molar refractivity (Wildman–Crippen MR) is 112 cm³/mol. The summed E-state index contributed by atoms with van der Waals surface area (Å²) in [4.78, 5) is 12.8. The van der Waals surface area contributed by atoms with Crippen LogP contribution in [0.25, 0.3) is 10.8 Å². The maximum atomic E-state index is 11.1. The molecule has 28 heavy (non-hydrogen) atoms. The topological polar surface area (TPSA) is 66.6 Å². The van der Waals surface area contributed by atoms with Crippen molar-refractivity contribution in [2.75, 3.05) is 11.9 Å². The number of aromatic hydroxyl groups is 1. The first-order valence-electron chi connectivity index (χ1n) is 9.23. The molecule has 0 spiro atoms. The molecule has 142 valence electrons. The van der Waals surface area contributed by atoms with Gasteiger partial charge in [0.15, 0.2) is 0 Å². The summed E-state index contributed by atoms with van der Waals surface area (Å²) < 4.78 is 0. The maximum Gasteiger partial charge on any atom is 0.269 e. The van der Waals surface area contributed by atoms with E-state index in [2.05, 4.69) is 55.2 Å². The first-order chi connectivity index (χ1) is 13.3. The second-order valence-electron chi connectivity index (χ2n) is 7.73. The van der Waals surface area contributed by atoms with Gasteiger partial charge in [-0.05, 0) is 34.9 Å². The van der Waals surface area contributed by atoms with Crippen LogP contribution in [-0.2, 0) is 11.8 Å². The fourth-order valence-corrected chi connectivity index (χ4v) is 4.32. The van der Waals surface area contributed by atoms with Crippen LogP contribution in [0.1, 0.15) is 25.0 Å². The van der Waals surface area contributed by atoms with Crippen molar-refractivity contribution in [1.29, 1.82) is 0 Å². The number of phenolic OH excluding ortho intramolecular Hbond substituents is 1. The van der Waals surface area contributed by atoms with E-state index < -0.39 is 4.92 Å². The largest absolute Gasteiger partial charge is 0.508 e. The Balaban J connectivity index is 1.78. The second-order valence-corrected chi connectivity index (χ2v) is 7.73. The van der Waals surface area contributed by atoms with Gasteiger partial charge >= 0.3 is 0 Å². The summed E-state index contributed by atoms with van der Waals surface area (Å²) in [5, 5.41) is 23.6. The Morgan fingerprint density at radius 2 is 1.89 bits per heavy atom. The van der Waals surface area contributed by atoms with E-state index in [0.717, 1.165) is 5.70 Å². The van der Waals surface area contributed by atoms with Crippen molar-refractivity contribution in [3.63, 3.8) is 0 Å². The molecule has 0 bridgehead atoms. The highest BCUT2D eigenvalue weighted by Crippen LogP contribution is 2.50. The third-order valence-electron chi connectivity index (χ3n) is 5.68. The number of allylic oxidation sites excluding steroid dienone is 2. The normalized spacial score (nSPS) is 16.5. The van der Waals surface area contributed by atoms with Gasteiger partial charge in [-0.25, -0.2) is 0 Å². The lowest BCUT2D eigenvalue weighted by molar-refractivity contribution is -0.384. The molecule has 5 nitrogen and oxygen atoms in total. The third-order valence-corrected chi connectivity index (χ3v) is 5.68. The Morgan fingerprint density at radius 3 is 2.64 bits per heavy atom. The van der Waals surface area contributed by atoms with E-state index in [1.807, 2.05) is 13.1 Å². The number of anilines is 1. The van der Waals surface area contributed by atoms with E-state index in [4.69, 9.17) is 0 Å². The number of hydrogen-bond donors (Lipinski definition) is 1. The first kappa shape index (κ1) is 18.0. The highest BCUT2D eigenvalue weighted by molar-refractivity contribution is 5.94. The molecule has 0 saturated carbocycles. The van der Waals surface area contributed by atoms with Crippen molar-refractivity contribution in [1.82, 2.24) is 0 Å². The number of fused-ring (bicyclic) bond motifs is 3. The molecule has 0 radical (unpaired) electrons. The van der Waals surface area contributed by atoms with Gasteiger partial charge in [0.1, 0.15) is 5.75 Å².